The Morgan fingerprint density at radius 3 is 3.23 bits per heavy atom. The van der Waals surface area contributed by atoms with Crippen molar-refractivity contribution in [1.29, 1.82) is 5.26 Å². The molecule has 1 heterocycles. The van der Waals surface area contributed by atoms with Gasteiger partial charge in [0.25, 0.3) is 0 Å². The molecule has 3 heteroatoms. The lowest BCUT2D eigenvalue weighted by Crippen LogP contribution is -2.18. The van der Waals surface area contributed by atoms with Crippen LogP contribution in [0.5, 0.6) is 0 Å². The summed E-state index contributed by atoms with van der Waals surface area (Å²) in [6, 6.07) is 2.56. The largest absolute Gasteiger partial charge is 0.458 e. The molecule has 0 radical (unpaired) electrons. The van der Waals surface area contributed by atoms with Gasteiger partial charge in [-0.25, -0.2) is 0 Å². The van der Waals surface area contributed by atoms with Gasteiger partial charge in [0.15, 0.2) is 5.76 Å². The monoisotopic (exact) mass is 293 g/mol. The average Bonchev–Trinajstić information content (AvgIpc) is 3.18. The Balaban J connectivity index is 1.46. The number of rotatable bonds is 3. The Bertz CT molecular complexity index is 680. The number of nitrogens with zero attached hydrogens (tertiary/aromatic N) is 1. The molecule has 0 saturated carbocycles. The third-order valence-corrected chi connectivity index (χ3v) is 5.18. The first-order valence-electron chi connectivity index (χ1n) is 8.12. The molecule has 0 saturated heterocycles. The van der Waals surface area contributed by atoms with Gasteiger partial charge in [0.2, 0.25) is 6.79 Å². The van der Waals surface area contributed by atoms with Gasteiger partial charge in [-0.1, -0.05) is 23.5 Å². The first-order chi connectivity index (χ1) is 10.8. The smallest absolute Gasteiger partial charge is 0.230 e. The number of hydrogen-bond donors (Lipinski definition) is 0. The molecule has 22 heavy (non-hydrogen) atoms. The lowest BCUT2D eigenvalue weighted by molar-refractivity contribution is 0.0715. The summed E-state index contributed by atoms with van der Waals surface area (Å²) < 4.78 is 10.9. The van der Waals surface area contributed by atoms with Crippen LogP contribution in [0.2, 0.25) is 0 Å². The minimum absolute atomic E-state index is 0.0546. The fourth-order valence-electron chi connectivity index (χ4n) is 4.03. The van der Waals surface area contributed by atoms with Crippen molar-refractivity contribution in [2.45, 2.75) is 38.5 Å². The maximum Gasteiger partial charge on any atom is 0.230 e. The van der Waals surface area contributed by atoms with Crippen molar-refractivity contribution in [2.24, 2.45) is 17.8 Å². The molecule has 0 aromatic carbocycles. The first kappa shape index (κ1) is 13.5. The lowest BCUT2D eigenvalue weighted by atomic mass is 9.79. The summed E-state index contributed by atoms with van der Waals surface area (Å²) in [5.41, 5.74) is 2.80. The molecule has 0 aromatic heterocycles. The Morgan fingerprint density at radius 1 is 1.36 bits per heavy atom. The van der Waals surface area contributed by atoms with E-state index < -0.39 is 0 Å². The molecule has 112 valence electrons. The molecule has 1 aliphatic heterocycles. The summed E-state index contributed by atoms with van der Waals surface area (Å²) in [7, 11) is 0. The summed E-state index contributed by atoms with van der Waals surface area (Å²) in [6.45, 7) is 0.331. The fraction of sp³-hybridized carbons (Fsp3) is 0.526. The van der Waals surface area contributed by atoms with Crippen LogP contribution in [0.25, 0.3) is 0 Å². The van der Waals surface area contributed by atoms with E-state index >= 15 is 0 Å². The van der Waals surface area contributed by atoms with Crippen LogP contribution in [-0.2, 0) is 9.47 Å². The minimum Gasteiger partial charge on any atom is -0.458 e. The zero-order valence-electron chi connectivity index (χ0n) is 12.6. The topological polar surface area (TPSA) is 42.2 Å². The van der Waals surface area contributed by atoms with Crippen LogP contribution in [0.15, 0.2) is 34.8 Å². The Hall–Kier alpha value is -2.13. The van der Waals surface area contributed by atoms with Gasteiger partial charge in [-0.2, -0.15) is 5.26 Å². The van der Waals surface area contributed by atoms with E-state index in [0.29, 0.717) is 18.6 Å². The highest BCUT2D eigenvalue weighted by atomic mass is 16.7. The van der Waals surface area contributed by atoms with Crippen molar-refractivity contribution in [2.75, 3.05) is 6.79 Å². The van der Waals surface area contributed by atoms with E-state index in [0.717, 1.165) is 50.0 Å². The summed E-state index contributed by atoms with van der Waals surface area (Å²) in [6.07, 6.45) is 10.3. The molecule has 3 unspecified atom stereocenters. The van der Waals surface area contributed by atoms with Crippen LogP contribution in [-0.4, -0.2) is 6.79 Å². The summed E-state index contributed by atoms with van der Waals surface area (Å²) in [4.78, 5) is 0. The van der Waals surface area contributed by atoms with Gasteiger partial charge in [0.05, 0.1) is 12.0 Å². The standard InChI is InChI=1S/C19H19NO2/c20-11-15(17-7-6-14-3-1-2-4-16(14)17)9-13-5-8-18-19(10-13)22-12-21-18/h5,8,13,15,17H,1,3,6-7,9-10,12H2. The van der Waals surface area contributed by atoms with E-state index in [1.54, 1.807) is 0 Å². The first-order valence-corrected chi connectivity index (χ1v) is 8.12. The number of allylic oxidation sites excluding steroid dienone is 5. The minimum atomic E-state index is 0.0546. The fourth-order valence-corrected chi connectivity index (χ4v) is 4.03. The van der Waals surface area contributed by atoms with Crippen LogP contribution >= 0.6 is 0 Å². The molecular weight excluding hydrogens is 274 g/mol. The molecule has 0 aromatic rings. The number of hydrogen-bond acceptors (Lipinski definition) is 3. The molecule has 0 spiro atoms. The molecule has 3 nitrogen and oxygen atoms in total. The number of nitriles is 1. The van der Waals surface area contributed by atoms with E-state index in [1.807, 2.05) is 6.08 Å². The second-order valence-electron chi connectivity index (χ2n) is 6.45. The highest BCUT2D eigenvalue weighted by molar-refractivity contribution is 5.43. The van der Waals surface area contributed by atoms with Crippen LogP contribution < -0.4 is 0 Å². The van der Waals surface area contributed by atoms with Gasteiger partial charge in [0.1, 0.15) is 5.76 Å². The van der Waals surface area contributed by atoms with Crippen molar-refractivity contribution in [3.05, 3.63) is 34.8 Å². The quantitative estimate of drug-likeness (QED) is 0.743. The van der Waals surface area contributed by atoms with E-state index in [2.05, 4.69) is 24.0 Å². The van der Waals surface area contributed by atoms with Crippen molar-refractivity contribution in [3.8, 4) is 17.9 Å². The molecule has 0 bridgehead atoms. The summed E-state index contributed by atoms with van der Waals surface area (Å²) in [5, 5.41) is 9.68. The van der Waals surface area contributed by atoms with Gasteiger partial charge in [-0.3, -0.25) is 0 Å². The SMILES string of the molecule is N#CC(CC1C=CC2=C(C1)OCO2)C1CCC2=C1C#CCC2. The van der Waals surface area contributed by atoms with E-state index in [4.69, 9.17) is 9.47 Å². The van der Waals surface area contributed by atoms with Crippen LogP contribution in [0.4, 0.5) is 0 Å². The average molecular weight is 293 g/mol. The maximum atomic E-state index is 9.68. The van der Waals surface area contributed by atoms with E-state index in [-0.39, 0.29) is 5.92 Å². The Labute approximate surface area is 131 Å². The van der Waals surface area contributed by atoms with E-state index in [9.17, 15) is 5.26 Å². The molecule has 3 aliphatic carbocycles. The predicted molar refractivity (Wildman–Crippen MR) is 81.8 cm³/mol. The molecular formula is C19H19NO2. The predicted octanol–water partition coefficient (Wildman–Crippen LogP) is 3.81. The van der Waals surface area contributed by atoms with Crippen LogP contribution in [0.1, 0.15) is 38.5 Å². The van der Waals surface area contributed by atoms with Crippen molar-refractivity contribution < 1.29 is 9.47 Å². The van der Waals surface area contributed by atoms with Crippen LogP contribution in [0.3, 0.4) is 0 Å². The van der Waals surface area contributed by atoms with E-state index in [1.165, 1.54) is 11.1 Å². The van der Waals surface area contributed by atoms with Gasteiger partial charge >= 0.3 is 0 Å². The molecule has 4 aliphatic rings. The molecule has 0 fully saturated rings. The highest BCUT2D eigenvalue weighted by Gasteiger charge is 2.34. The third kappa shape index (κ3) is 2.32. The van der Waals surface area contributed by atoms with Crippen molar-refractivity contribution in [1.82, 2.24) is 0 Å². The normalized spacial score (nSPS) is 29.8. The second-order valence-corrected chi connectivity index (χ2v) is 6.45. The maximum absolute atomic E-state index is 9.68. The molecule has 3 atom stereocenters. The summed E-state index contributed by atoms with van der Waals surface area (Å²) in [5.74, 6) is 9.14. The molecule has 0 amide bonds. The van der Waals surface area contributed by atoms with Gasteiger partial charge in [-0.05, 0) is 37.7 Å². The van der Waals surface area contributed by atoms with Crippen LogP contribution in [0, 0.1) is 40.9 Å². The third-order valence-electron chi connectivity index (χ3n) is 5.18. The van der Waals surface area contributed by atoms with Crippen molar-refractivity contribution >= 4 is 0 Å². The zero-order chi connectivity index (χ0) is 14.9. The Morgan fingerprint density at radius 2 is 2.32 bits per heavy atom. The summed E-state index contributed by atoms with van der Waals surface area (Å²) >= 11 is 0. The Kier molecular flexibility index (Phi) is 3.43. The van der Waals surface area contributed by atoms with Gasteiger partial charge in [-0.15, -0.1) is 0 Å². The van der Waals surface area contributed by atoms with Gasteiger partial charge in [0, 0.05) is 24.3 Å². The molecule has 4 rings (SSSR count). The second kappa shape index (κ2) is 5.58. The molecule has 0 N–H and O–H groups in total. The number of ether oxygens (including phenoxy) is 2. The van der Waals surface area contributed by atoms with Gasteiger partial charge < -0.3 is 9.47 Å². The lowest BCUT2D eigenvalue weighted by Gasteiger charge is -2.23. The highest BCUT2D eigenvalue weighted by Crippen LogP contribution is 2.43. The van der Waals surface area contributed by atoms with Crippen molar-refractivity contribution in [3.63, 3.8) is 0 Å². The zero-order valence-corrected chi connectivity index (χ0v) is 12.6.